The predicted octanol–water partition coefficient (Wildman–Crippen LogP) is 0.581. The first-order valence-electron chi connectivity index (χ1n) is 3.45. The van der Waals surface area contributed by atoms with Gasteiger partial charge in [-0.05, 0) is 5.92 Å². The lowest BCUT2D eigenvalue weighted by Gasteiger charge is -2.14. The minimum atomic E-state index is -3.16. The molecule has 0 radical (unpaired) electrons. The van der Waals surface area contributed by atoms with Crippen molar-refractivity contribution >= 4 is 21.4 Å². The first-order valence-corrected chi connectivity index (χ1v) is 5.70. The van der Waals surface area contributed by atoms with Gasteiger partial charge in [-0.25, -0.2) is 8.42 Å². The third-order valence-electron chi connectivity index (χ3n) is 1.43. The van der Waals surface area contributed by atoms with Crippen molar-refractivity contribution in [3.05, 3.63) is 0 Å². The molecule has 0 aliphatic heterocycles. The molecular weight excluding hydrogens is 186 g/mol. The highest BCUT2D eigenvalue weighted by Crippen LogP contribution is 2.07. The monoisotopic (exact) mass is 199 g/mol. The molecular formula is C6H14ClNO2S. The van der Waals surface area contributed by atoms with Gasteiger partial charge in [-0.2, -0.15) is 0 Å². The number of hydrogen-bond acceptors (Lipinski definition) is 3. The molecule has 0 aromatic heterocycles. The Morgan fingerprint density at radius 1 is 1.45 bits per heavy atom. The van der Waals surface area contributed by atoms with Crippen LogP contribution in [-0.4, -0.2) is 25.4 Å². The van der Waals surface area contributed by atoms with Gasteiger partial charge in [-0.15, -0.1) is 11.6 Å². The van der Waals surface area contributed by atoms with E-state index in [2.05, 4.69) is 0 Å². The highest BCUT2D eigenvalue weighted by molar-refractivity contribution is 7.92. The van der Waals surface area contributed by atoms with E-state index in [-0.39, 0.29) is 17.6 Å². The second-order valence-corrected chi connectivity index (χ2v) is 5.42. The molecule has 1 unspecified atom stereocenters. The molecule has 0 spiro atoms. The van der Waals surface area contributed by atoms with Crippen LogP contribution in [0.2, 0.25) is 0 Å². The summed E-state index contributed by atoms with van der Waals surface area (Å²) in [6.07, 6.45) is 0. The van der Waals surface area contributed by atoms with E-state index in [1.807, 2.05) is 0 Å². The predicted molar refractivity (Wildman–Crippen MR) is 47.3 cm³/mol. The highest BCUT2D eigenvalue weighted by Gasteiger charge is 2.23. The minimum absolute atomic E-state index is 0.0338. The average Bonchev–Trinajstić information content (AvgIpc) is 1.86. The van der Waals surface area contributed by atoms with Crippen molar-refractivity contribution in [1.29, 1.82) is 0 Å². The molecule has 2 N–H and O–H groups in total. The number of hydrogen-bond donors (Lipinski definition) is 1. The van der Waals surface area contributed by atoms with E-state index >= 15 is 0 Å². The van der Waals surface area contributed by atoms with Crippen molar-refractivity contribution in [2.45, 2.75) is 19.2 Å². The summed E-state index contributed by atoms with van der Waals surface area (Å²) in [5.74, 6) is 0.0274. The van der Waals surface area contributed by atoms with Crippen LogP contribution in [0.1, 0.15) is 13.8 Å². The van der Waals surface area contributed by atoms with Gasteiger partial charge in [0, 0.05) is 5.88 Å². The van der Waals surface area contributed by atoms with Crippen LogP contribution in [0.25, 0.3) is 0 Å². The number of sulfone groups is 1. The Bertz CT molecular complexity index is 201. The maximum Gasteiger partial charge on any atom is 0.167 e. The molecule has 0 saturated carbocycles. The number of alkyl halides is 1. The van der Waals surface area contributed by atoms with Gasteiger partial charge in [-0.3, -0.25) is 0 Å². The summed E-state index contributed by atoms with van der Waals surface area (Å²) in [6, 6.07) is 0. The molecule has 0 heterocycles. The molecule has 0 aromatic carbocycles. The van der Waals surface area contributed by atoms with Crippen molar-refractivity contribution in [3.63, 3.8) is 0 Å². The van der Waals surface area contributed by atoms with E-state index in [1.165, 1.54) is 0 Å². The van der Waals surface area contributed by atoms with Gasteiger partial charge in [-0.1, -0.05) is 13.8 Å². The fourth-order valence-corrected chi connectivity index (χ4v) is 2.62. The van der Waals surface area contributed by atoms with E-state index in [0.29, 0.717) is 0 Å². The number of rotatable bonds is 4. The third-order valence-corrected chi connectivity index (χ3v) is 3.99. The molecule has 0 rings (SSSR count). The fourth-order valence-electron chi connectivity index (χ4n) is 0.658. The third kappa shape index (κ3) is 3.40. The normalized spacial score (nSPS) is 15.4. The molecule has 3 nitrogen and oxygen atoms in total. The van der Waals surface area contributed by atoms with Crippen molar-refractivity contribution < 1.29 is 8.42 Å². The average molecular weight is 200 g/mol. The molecule has 68 valence electrons. The summed E-state index contributed by atoms with van der Waals surface area (Å²) in [5, 5.41) is -0.777. The Hall–Kier alpha value is 0.200. The molecule has 0 fully saturated rings. The second kappa shape index (κ2) is 4.28. The molecule has 0 aliphatic carbocycles. The van der Waals surface area contributed by atoms with E-state index in [4.69, 9.17) is 17.3 Å². The molecule has 0 aliphatic rings. The largest absolute Gasteiger partial charge is 0.315 e. The molecule has 11 heavy (non-hydrogen) atoms. The van der Waals surface area contributed by atoms with Crippen LogP contribution in [0, 0.1) is 5.92 Å². The van der Waals surface area contributed by atoms with Crippen LogP contribution in [0.3, 0.4) is 0 Å². The Kier molecular flexibility index (Phi) is 4.36. The van der Waals surface area contributed by atoms with Gasteiger partial charge in [0.05, 0.1) is 5.75 Å². The lowest BCUT2D eigenvalue weighted by molar-refractivity contribution is 0.538. The first kappa shape index (κ1) is 11.2. The Balaban J connectivity index is 4.31. The molecule has 0 amide bonds. The van der Waals surface area contributed by atoms with Crippen LogP contribution >= 0.6 is 11.6 Å². The quantitative estimate of drug-likeness (QED) is 0.674. The molecule has 0 saturated heterocycles. The summed E-state index contributed by atoms with van der Waals surface area (Å²) < 4.78 is 22.3. The Labute approximate surface area is 72.8 Å². The van der Waals surface area contributed by atoms with Gasteiger partial charge < -0.3 is 5.73 Å². The first-order chi connectivity index (χ1) is 4.91. The maximum atomic E-state index is 11.2. The number of halogens is 1. The lowest BCUT2D eigenvalue weighted by Crippen LogP contribution is -2.37. The van der Waals surface area contributed by atoms with E-state index in [1.54, 1.807) is 13.8 Å². The van der Waals surface area contributed by atoms with Crippen LogP contribution in [0.5, 0.6) is 0 Å². The van der Waals surface area contributed by atoms with E-state index in [0.717, 1.165) is 0 Å². The van der Waals surface area contributed by atoms with Crippen LogP contribution in [0.15, 0.2) is 0 Å². The smallest absolute Gasteiger partial charge is 0.167 e. The zero-order valence-corrected chi connectivity index (χ0v) is 8.32. The van der Waals surface area contributed by atoms with Crippen LogP contribution < -0.4 is 5.73 Å². The standard InChI is InChI=1S/C6H14ClNO2S/c1-5(2)6(8)11(9,10)4-3-7/h5-6H,3-4,8H2,1-2H3. The summed E-state index contributed by atoms with van der Waals surface area (Å²) in [7, 11) is -3.16. The zero-order chi connectivity index (χ0) is 9.07. The summed E-state index contributed by atoms with van der Waals surface area (Å²) >= 11 is 5.30. The Morgan fingerprint density at radius 3 is 2.18 bits per heavy atom. The number of nitrogens with two attached hydrogens (primary N) is 1. The lowest BCUT2D eigenvalue weighted by atomic mass is 10.2. The van der Waals surface area contributed by atoms with Gasteiger partial charge in [0.25, 0.3) is 0 Å². The van der Waals surface area contributed by atoms with Crippen molar-refractivity contribution in [3.8, 4) is 0 Å². The summed E-state index contributed by atoms with van der Waals surface area (Å²) in [4.78, 5) is 0. The molecule has 0 bridgehead atoms. The maximum absolute atomic E-state index is 11.2. The Morgan fingerprint density at radius 2 is 1.91 bits per heavy atom. The second-order valence-electron chi connectivity index (χ2n) is 2.76. The van der Waals surface area contributed by atoms with Crippen molar-refractivity contribution in [1.82, 2.24) is 0 Å². The van der Waals surface area contributed by atoms with Crippen LogP contribution in [-0.2, 0) is 9.84 Å². The minimum Gasteiger partial charge on any atom is -0.315 e. The molecule has 1 atom stereocenters. The van der Waals surface area contributed by atoms with Gasteiger partial charge in [0.15, 0.2) is 9.84 Å². The topological polar surface area (TPSA) is 60.2 Å². The zero-order valence-electron chi connectivity index (χ0n) is 6.75. The molecule has 5 heteroatoms. The summed E-state index contributed by atoms with van der Waals surface area (Å²) in [6.45, 7) is 3.55. The fraction of sp³-hybridized carbons (Fsp3) is 1.00. The SMILES string of the molecule is CC(C)C(N)S(=O)(=O)CCCl. The van der Waals surface area contributed by atoms with Crippen LogP contribution in [0.4, 0.5) is 0 Å². The van der Waals surface area contributed by atoms with E-state index in [9.17, 15) is 8.42 Å². The van der Waals surface area contributed by atoms with Gasteiger partial charge >= 0.3 is 0 Å². The summed E-state index contributed by atoms with van der Waals surface area (Å²) in [5.41, 5.74) is 5.43. The highest BCUT2D eigenvalue weighted by atomic mass is 35.5. The molecule has 0 aromatic rings. The van der Waals surface area contributed by atoms with Crippen molar-refractivity contribution in [2.75, 3.05) is 11.6 Å². The van der Waals surface area contributed by atoms with Gasteiger partial charge in [0.1, 0.15) is 5.37 Å². The van der Waals surface area contributed by atoms with E-state index < -0.39 is 15.2 Å². The van der Waals surface area contributed by atoms with Gasteiger partial charge in [0.2, 0.25) is 0 Å². The van der Waals surface area contributed by atoms with Crippen molar-refractivity contribution in [2.24, 2.45) is 11.7 Å².